The van der Waals surface area contributed by atoms with E-state index in [2.05, 4.69) is 32.7 Å². The van der Waals surface area contributed by atoms with Crippen LogP contribution in [0.3, 0.4) is 0 Å². The minimum Gasteiger partial charge on any atom is -0.335 e. The Labute approximate surface area is 131 Å². The molecule has 1 aromatic heterocycles. The first-order chi connectivity index (χ1) is 9.40. The maximum atomic E-state index is 12.7. The number of aromatic nitrogens is 1. The van der Waals surface area contributed by atoms with E-state index in [1.165, 1.54) is 6.20 Å². The van der Waals surface area contributed by atoms with E-state index in [1.807, 2.05) is 4.90 Å². The van der Waals surface area contributed by atoms with E-state index in [0.717, 1.165) is 19.4 Å². The molecule has 0 saturated heterocycles. The molecule has 0 aromatic carbocycles. The summed E-state index contributed by atoms with van der Waals surface area (Å²) in [6.45, 7) is 9.14. The van der Waals surface area contributed by atoms with Crippen molar-refractivity contribution in [3.05, 3.63) is 28.0 Å². The molecule has 1 heterocycles. The van der Waals surface area contributed by atoms with Crippen molar-refractivity contribution in [3.8, 4) is 0 Å². The van der Waals surface area contributed by atoms with Crippen molar-refractivity contribution < 1.29 is 4.79 Å². The molecular formula is C15H22Cl2N2O. The smallest absolute Gasteiger partial charge is 0.255 e. The van der Waals surface area contributed by atoms with Gasteiger partial charge in [0.05, 0.1) is 10.6 Å². The van der Waals surface area contributed by atoms with Crippen LogP contribution in [0.4, 0.5) is 0 Å². The van der Waals surface area contributed by atoms with Crippen LogP contribution in [0.2, 0.25) is 10.2 Å². The number of halogens is 2. The zero-order valence-corrected chi connectivity index (χ0v) is 14.0. The quantitative estimate of drug-likeness (QED) is 0.714. The number of carbonyl (C=O) groups is 1. The summed E-state index contributed by atoms with van der Waals surface area (Å²) in [4.78, 5) is 18.6. The monoisotopic (exact) mass is 316 g/mol. The van der Waals surface area contributed by atoms with Crippen molar-refractivity contribution in [2.24, 2.45) is 5.92 Å². The molecule has 0 aliphatic carbocycles. The second kappa shape index (κ2) is 7.84. The fourth-order valence-corrected chi connectivity index (χ4v) is 2.49. The normalized spacial score (nSPS) is 11.2. The van der Waals surface area contributed by atoms with E-state index in [1.54, 1.807) is 6.07 Å². The predicted molar refractivity (Wildman–Crippen MR) is 84.5 cm³/mol. The van der Waals surface area contributed by atoms with Gasteiger partial charge in [0.2, 0.25) is 0 Å². The second-order valence-corrected chi connectivity index (χ2v) is 6.08. The Morgan fingerprint density at radius 2 is 1.90 bits per heavy atom. The molecule has 1 rings (SSSR count). The van der Waals surface area contributed by atoms with Crippen LogP contribution in [-0.4, -0.2) is 28.4 Å². The van der Waals surface area contributed by atoms with E-state index in [9.17, 15) is 4.79 Å². The highest BCUT2D eigenvalue weighted by molar-refractivity contribution is 6.41. The van der Waals surface area contributed by atoms with Crippen LogP contribution in [-0.2, 0) is 0 Å². The Balaban J connectivity index is 3.05. The summed E-state index contributed by atoms with van der Waals surface area (Å²) in [6.07, 6.45) is 3.36. The Morgan fingerprint density at radius 1 is 1.30 bits per heavy atom. The SMILES string of the molecule is CCC(CC)N(CC(C)C)C(=O)c1cnc(Cl)c(Cl)c1. The van der Waals surface area contributed by atoms with Gasteiger partial charge in [0.1, 0.15) is 5.15 Å². The maximum Gasteiger partial charge on any atom is 0.255 e. The van der Waals surface area contributed by atoms with E-state index in [-0.39, 0.29) is 17.1 Å². The molecule has 0 saturated carbocycles. The van der Waals surface area contributed by atoms with Crippen LogP contribution in [0, 0.1) is 5.92 Å². The number of pyridine rings is 1. The van der Waals surface area contributed by atoms with Gasteiger partial charge in [0.25, 0.3) is 5.91 Å². The van der Waals surface area contributed by atoms with Crippen LogP contribution in [0.25, 0.3) is 0 Å². The second-order valence-electron chi connectivity index (χ2n) is 5.32. The first kappa shape index (κ1) is 17.3. The molecule has 0 N–H and O–H groups in total. The predicted octanol–water partition coefficient (Wildman–Crippen LogP) is 4.68. The average Bonchev–Trinajstić information content (AvgIpc) is 2.41. The molecule has 20 heavy (non-hydrogen) atoms. The number of carbonyl (C=O) groups excluding carboxylic acids is 1. The van der Waals surface area contributed by atoms with Crippen molar-refractivity contribution in [2.75, 3.05) is 6.54 Å². The van der Waals surface area contributed by atoms with E-state index in [0.29, 0.717) is 16.5 Å². The third kappa shape index (κ3) is 4.35. The van der Waals surface area contributed by atoms with E-state index in [4.69, 9.17) is 23.2 Å². The molecular weight excluding hydrogens is 295 g/mol. The summed E-state index contributed by atoms with van der Waals surface area (Å²) < 4.78 is 0. The molecule has 112 valence electrons. The lowest BCUT2D eigenvalue weighted by molar-refractivity contribution is 0.0640. The fourth-order valence-electron chi connectivity index (χ4n) is 2.22. The van der Waals surface area contributed by atoms with E-state index < -0.39 is 0 Å². The highest BCUT2D eigenvalue weighted by Crippen LogP contribution is 2.22. The number of hydrogen-bond donors (Lipinski definition) is 0. The lowest BCUT2D eigenvalue weighted by Crippen LogP contribution is -2.42. The van der Waals surface area contributed by atoms with Crippen molar-refractivity contribution >= 4 is 29.1 Å². The Morgan fingerprint density at radius 3 is 2.35 bits per heavy atom. The van der Waals surface area contributed by atoms with Crippen LogP contribution < -0.4 is 0 Å². The lowest BCUT2D eigenvalue weighted by Gasteiger charge is -2.32. The summed E-state index contributed by atoms with van der Waals surface area (Å²) in [5.74, 6) is 0.383. The molecule has 0 radical (unpaired) electrons. The molecule has 0 atom stereocenters. The third-order valence-electron chi connectivity index (χ3n) is 3.25. The van der Waals surface area contributed by atoms with Crippen molar-refractivity contribution in [2.45, 2.75) is 46.6 Å². The van der Waals surface area contributed by atoms with Gasteiger partial charge in [-0.15, -0.1) is 0 Å². The standard InChI is InChI=1S/C15H22Cl2N2O/c1-5-12(6-2)19(9-10(3)4)15(20)11-7-13(16)14(17)18-8-11/h7-8,10,12H,5-6,9H2,1-4H3. The number of nitrogens with zero attached hydrogens (tertiary/aromatic N) is 2. The average molecular weight is 317 g/mol. The highest BCUT2D eigenvalue weighted by atomic mass is 35.5. The van der Waals surface area contributed by atoms with Gasteiger partial charge in [-0.2, -0.15) is 0 Å². The highest BCUT2D eigenvalue weighted by Gasteiger charge is 2.23. The molecule has 0 unspecified atom stereocenters. The van der Waals surface area contributed by atoms with Crippen LogP contribution in [0.15, 0.2) is 12.3 Å². The summed E-state index contributed by atoms with van der Waals surface area (Å²) in [6, 6.07) is 1.83. The molecule has 0 spiro atoms. The fraction of sp³-hybridized carbons (Fsp3) is 0.600. The first-order valence-corrected chi connectivity index (χ1v) is 7.78. The summed E-state index contributed by atoms with van der Waals surface area (Å²) in [5.41, 5.74) is 0.493. The number of amides is 1. The van der Waals surface area contributed by atoms with Gasteiger partial charge in [-0.25, -0.2) is 4.98 Å². The third-order valence-corrected chi connectivity index (χ3v) is 3.94. The summed E-state index contributed by atoms with van der Waals surface area (Å²) >= 11 is 11.7. The molecule has 1 amide bonds. The number of hydrogen-bond acceptors (Lipinski definition) is 2. The van der Waals surface area contributed by atoms with E-state index >= 15 is 0 Å². The van der Waals surface area contributed by atoms with Gasteiger partial charge in [0, 0.05) is 18.8 Å². The molecule has 3 nitrogen and oxygen atoms in total. The summed E-state index contributed by atoms with van der Waals surface area (Å²) in [7, 11) is 0. The zero-order valence-electron chi connectivity index (χ0n) is 12.5. The molecule has 1 aromatic rings. The van der Waals surface area contributed by atoms with Gasteiger partial charge in [-0.05, 0) is 24.8 Å². The minimum absolute atomic E-state index is 0.0292. The van der Waals surface area contributed by atoms with Gasteiger partial charge >= 0.3 is 0 Å². The molecule has 0 aliphatic heterocycles. The molecule has 0 fully saturated rings. The number of rotatable bonds is 6. The lowest BCUT2D eigenvalue weighted by atomic mass is 10.1. The van der Waals surface area contributed by atoms with Gasteiger partial charge < -0.3 is 4.90 Å². The Kier molecular flexibility index (Phi) is 6.77. The molecule has 0 aliphatic rings. The minimum atomic E-state index is -0.0292. The maximum absolute atomic E-state index is 12.7. The van der Waals surface area contributed by atoms with Crippen molar-refractivity contribution in [1.29, 1.82) is 0 Å². The summed E-state index contributed by atoms with van der Waals surface area (Å²) in [5, 5.41) is 0.535. The van der Waals surface area contributed by atoms with Gasteiger partial charge in [0.15, 0.2) is 0 Å². The van der Waals surface area contributed by atoms with Gasteiger partial charge in [-0.3, -0.25) is 4.79 Å². The molecule has 0 bridgehead atoms. The van der Waals surface area contributed by atoms with Gasteiger partial charge in [-0.1, -0.05) is 50.9 Å². The van der Waals surface area contributed by atoms with Crippen LogP contribution in [0.1, 0.15) is 50.9 Å². The zero-order chi connectivity index (χ0) is 15.3. The Hall–Kier alpha value is -0.800. The largest absolute Gasteiger partial charge is 0.335 e. The van der Waals surface area contributed by atoms with Crippen molar-refractivity contribution in [3.63, 3.8) is 0 Å². The first-order valence-electron chi connectivity index (χ1n) is 7.02. The van der Waals surface area contributed by atoms with Crippen molar-refractivity contribution in [1.82, 2.24) is 9.88 Å². The Bertz CT molecular complexity index is 459. The topological polar surface area (TPSA) is 33.2 Å². The van der Waals surface area contributed by atoms with Crippen LogP contribution in [0.5, 0.6) is 0 Å². The van der Waals surface area contributed by atoms with Crippen LogP contribution >= 0.6 is 23.2 Å². The molecule has 5 heteroatoms.